The zero-order valence-corrected chi connectivity index (χ0v) is 13.4. The molecule has 1 aliphatic heterocycles. The molecule has 2 unspecified atom stereocenters. The minimum atomic E-state index is -0.868. The lowest BCUT2D eigenvalue weighted by atomic mass is 9.96. The van der Waals surface area contributed by atoms with Gasteiger partial charge in [0.2, 0.25) is 0 Å². The molecule has 0 aliphatic carbocycles. The van der Waals surface area contributed by atoms with Gasteiger partial charge in [0.15, 0.2) is 0 Å². The summed E-state index contributed by atoms with van der Waals surface area (Å²) >= 11 is 0. The van der Waals surface area contributed by atoms with E-state index in [0.29, 0.717) is 12.5 Å². The van der Waals surface area contributed by atoms with E-state index in [2.05, 4.69) is 22.5 Å². The summed E-state index contributed by atoms with van der Waals surface area (Å²) in [4.78, 5) is 25.2. The van der Waals surface area contributed by atoms with Gasteiger partial charge in [-0.1, -0.05) is 20.8 Å². The zero-order chi connectivity index (χ0) is 15.8. The monoisotopic (exact) mass is 299 g/mol. The minimum absolute atomic E-state index is 0.00288. The number of hydrogen-bond acceptors (Lipinski definition) is 3. The third kappa shape index (κ3) is 6.80. The summed E-state index contributed by atoms with van der Waals surface area (Å²) in [7, 11) is 0. The summed E-state index contributed by atoms with van der Waals surface area (Å²) in [5.74, 6) is -1.02. The SMILES string of the molecule is CC(CNC(=O)NCC(C(=O)O)C(C)C)CN1CCCC1. The normalized spacial score (nSPS) is 18.5. The second kappa shape index (κ2) is 8.87. The number of urea groups is 1. The topological polar surface area (TPSA) is 81.7 Å². The van der Waals surface area contributed by atoms with E-state index >= 15 is 0 Å². The first kappa shape index (κ1) is 17.8. The average molecular weight is 299 g/mol. The summed E-state index contributed by atoms with van der Waals surface area (Å²) in [6.07, 6.45) is 2.54. The number of carbonyl (C=O) groups is 2. The van der Waals surface area contributed by atoms with E-state index in [4.69, 9.17) is 5.11 Å². The highest BCUT2D eigenvalue weighted by Gasteiger charge is 2.22. The first-order valence-electron chi connectivity index (χ1n) is 7.87. The highest BCUT2D eigenvalue weighted by Crippen LogP contribution is 2.10. The van der Waals surface area contributed by atoms with Crippen molar-refractivity contribution in [3.8, 4) is 0 Å². The molecule has 0 spiro atoms. The van der Waals surface area contributed by atoms with Crippen LogP contribution in [-0.4, -0.2) is 54.7 Å². The fraction of sp³-hybridized carbons (Fsp3) is 0.867. The highest BCUT2D eigenvalue weighted by molar-refractivity contribution is 5.75. The van der Waals surface area contributed by atoms with Crippen LogP contribution in [-0.2, 0) is 4.79 Å². The molecule has 0 aromatic heterocycles. The Morgan fingerprint density at radius 3 is 2.19 bits per heavy atom. The zero-order valence-electron chi connectivity index (χ0n) is 13.4. The quantitative estimate of drug-likeness (QED) is 0.632. The molecule has 0 aromatic carbocycles. The number of nitrogens with zero attached hydrogens (tertiary/aromatic N) is 1. The summed E-state index contributed by atoms with van der Waals surface area (Å²) in [5.41, 5.74) is 0. The molecule has 6 nitrogen and oxygen atoms in total. The van der Waals surface area contributed by atoms with Crippen LogP contribution in [0.15, 0.2) is 0 Å². The van der Waals surface area contributed by atoms with Gasteiger partial charge in [-0.15, -0.1) is 0 Å². The second-order valence-electron chi connectivity index (χ2n) is 6.39. The van der Waals surface area contributed by atoms with Crippen molar-refractivity contribution in [2.24, 2.45) is 17.8 Å². The number of carboxylic acids is 1. The fourth-order valence-corrected chi connectivity index (χ4v) is 2.61. The predicted molar refractivity (Wildman–Crippen MR) is 82.2 cm³/mol. The molecule has 0 aromatic rings. The Kier molecular flexibility index (Phi) is 7.50. The van der Waals surface area contributed by atoms with Crippen LogP contribution in [0.5, 0.6) is 0 Å². The smallest absolute Gasteiger partial charge is 0.314 e. The summed E-state index contributed by atoms with van der Waals surface area (Å²) in [6.45, 7) is 9.90. The van der Waals surface area contributed by atoms with Gasteiger partial charge in [0.05, 0.1) is 5.92 Å². The molecule has 6 heteroatoms. The molecule has 0 saturated carbocycles. The standard InChI is InChI=1S/C15H29N3O3/c1-11(2)13(14(19)20)9-17-15(21)16-8-12(3)10-18-6-4-5-7-18/h11-13H,4-10H2,1-3H3,(H,19,20)(H2,16,17,21). The number of nitrogens with one attached hydrogen (secondary N) is 2. The summed E-state index contributed by atoms with van der Waals surface area (Å²) in [6, 6.07) is -0.282. The van der Waals surface area contributed by atoms with Gasteiger partial charge >= 0.3 is 12.0 Å². The van der Waals surface area contributed by atoms with E-state index in [1.54, 1.807) is 0 Å². The molecule has 0 bridgehead atoms. The molecule has 3 N–H and O–H groups in total. The van der Waals surface area contributed by atoms with E-state index in [1.807, 2.05) is 13.8 Å². The van der Waals surface area contributed by atoms with Crippen molar-refractivity contribution in [1.82, 2.24) is 15.5 Å². The van der Waals surface area contributed by atoms with Crippen LogP contribution in [0.1, 0.15) is 33.6 Å². The molecule has 122 valence electrons. The predicted octanol–water partition coefficient (Wildman–Crippen LogP) is 1.37. The van der Waals surface area contributed by atoms with Crippen molar-refractivity contribution in [2.45, 2.75) is 33.6 Å². The van der Waals surface area contributed by atoms with Crippen LogP contribution in [0.2, 0.25) is 0 Å². The lowest BCUT2D eigenvalue weighted by Crippen LogP contribution is -2.43. The Bertz CT molecular complexity index is 341. The van der Waals surface area contributed by atoms with Gasteiger partial charge in [0, 0.05) is 19.6 Å². The molecule has 1 heterocycles. The first-order chi connectivity index (χ1) is 9.90. The molecular weight excluding hydrogens is 270 g/mol. The molecule has 21 heavy (non-hydrogen) atoms. The maximum Gasteiger partial charge on any atom is 0.314 e. The molecule has 1 rings (SSSR count). The Morgan fingerprint density at radius 1 is 1.10 bits per heavy atom. The number of hydrogen-bond donors (Lipinski definition) is 3. The second-order valence-corrected chi connectivity index (χ2v) is 6.39. The Labute approximate surface area is 127 Å². The van der Waals surface area contributed by atoms with Gasteiger partial charge < -0.3 is 20.6 Å². The van der Waals surface area contributed by atoms with Crippen molar-refractivity contribution in [3.63, 3.8) is 0 Å². The first-order valence-corrected chi connectivity index (χ1v) is 7.87. The van der Waals surface area contributed by atoms with Gasteiger partial charge in [0.1, 0.15) is 0 Å². The van der Waals surface area contributed by atoms with Crippen molar-refractivity contribution >= 4 is 12.0 Å². The molecule has 2 atom stereocenters. The summed E-state index contributed by atoms with van der Waals surface area (Å²) < 4.78 is 0. The molecular formula is C15H29N3O3. The lowest BCUT2D eigenvalue weighted by molar-refractivity contribution is -0.142. The molecule has 0 radical (unpaired) electrons. The van der Waals surface area contributed by atoms with E-state index in [9.17, 15) is 9.59 Å². The number of rotatable bonds is 8. The number of amides is 2. The van der Waals surface area contributed by atoms with Gasteiger partial charge in [-0.05, 0) is 37.8 Å². The van der Waals surface area contributed by atoms with Gasteiger partial charge in [-0.3, -0.25) is 4.79 Å². The molecule has 1 aliphatic rings. The maximum absolute atomic E-state index is 11.7. The van der Waals surface area contributed by atoms with Crippen molar-refractivity contribution < 1.29 is 14.7 Å². The van der Waals surface area contributed by atoms with Crippen LogP contribution in [0.4, 0.5) is 4.79 Å². The van der Waals surface area contributed by atoms with Crippen molar-refractivity contribution in [3.05, 3.63) is 0 Å². The Morgan fingerprint density at radius 2 is 1.67 bits per heavy atom. The van der Waals surface area contributed by atoms with Crippen molar-refractivity contribution in [2.75, 3.05) is 32.7 Å². The summed E-state index contributed by atoms with van der Waals surface area (Å²) in [5, 5.41) is 14.5. The molecule has 2 amide bonds. The van der Waals surface area contributed by atoms with Gasteiger partial charge in [-0.2, -0.15) is 0 Å². The largest absolute Gasteiger partial charge is 0.481 e. The number of likely N-dealkylation sites (tertiary alicyclic amines) is 1. The van der Waals surface area contributed by atoms with Gasteiger partial charge in [0.25, 0.3) is 0 Å². The lowest BCUT2D eigenvalue weighted by Gasteiger charge is -2.21. The number of carbonyl (C=O) groups excluding carboxylic acids is 1. The van der Waals surface area contributed by atoms with Crippen LogP contribution in [0.25, 0.3) is 0 Å². The highest BCUT2D eigenvalue weighted by atomic mass is 16.4. The van der Waals surface area contributed by atoms with Crippen LogP contribution >= 0.6 is 0 Å². The minimum Gasteiger partial charge on any atom is -0.481 e. The third-order valence-corrected chi connectivity index (χ3v) is 3.98. The maximum atomic E-state index is 11.7. The van der Waals surface area contributed by atoms with Crippen LogP contribution in [0.3, 0.4) is 0 Å². The molecule has 1 fully saturated rings. The van der Waals surface area contributed by atoms with E-state index < -0.39 is 11.9 Å². The van der Waals surface area contributed by atoms with Crippen LogP contribution in [0, 0.1) is 17.8 Å². The third-order valence-electron chi connectivity index (χ3n) is 3.98. The van der Waals surface area contributed by atoms with Gasteiger partial charge in [-0.25, -0.2) is 4.79 Å². The fourth-order valence-electron chi connectivity index (χ4n) is 2.61. The average Bonchev–Trinajstić information content (AvgIpc) is 2.88. The Balaban J connectivity index is 2.19. The number of carboxylic acid groups (broad SMARTS) is 1. The van der Waals surface area contributed by atoms with Crippen molar-refractivity contribution in [1.29, 1.82) is 0 Å². The van der Waals surface area contributed by atoms with E-state index in [0.717, 1.165) is 19.6 Å². The van der Waals surface area contributed by atoms with E-state index in [1.165, 1.54) is 12.8 Å². The van der Waals surface area contributed by atoms with E-state index in [-0.39, 0.29) is 18.5 Å². The number of aliphatic carboxylic acids is 1. The van der Waals surface area contributed by atoms with Crippen LogP contribution < -0.4 is 10.6 Å². The Hall–Kier alpha value is -1.30. The molecule has 1 saturated heterocycles.